The van der Waals surface area contributed by atoms with Gasteiger partial charge in [0.1, 0.15) is 0 Å². The van der Waals surface area contributed by atoms with Crippen LogP contribution >= 0.6 is 0 Å². The second kappa shape index (κ2) is 7.46. The molecule has 1 amide bonds. The molecule has 3 rings (SSSR count). The van der Waals surface area contributed by atoms with E-state index >= 15 is 0 Å². The Labute approximate surface area is 151 Å². The van der Waals surface area contributed by atoms with E-state index in [-0.39, 0.29) is 23.9 Å². The molecule has 25 heavy (non-hydrogen) atoms. The van der Waals surface area contributed by atoms with Gasteiger partial charge in [-0.05, 0) is 44.6 Å². The maximum absolute atomic E-state index is 13.3. The smallest absolute Gasteiger partial charge is 0.226 e. The maximum Gasteiger partial charge on any atom is 0.226 e. The molecule has 2 heterocycles. The lowest BCUT2D eigenvalue weighted by Crippen LogP contribution is -2.49. The van der Waals surface area contributed by atoms with Crippen molar-refractivity contribution in [2.75, 3.05) is 19.3 Å². The fourth-order valence-electron chi connectivity index (χ4n) is 4.21. The van der Waals surface area contributed by atoms with Crippen LogP contribution in [0.5, 0.6) is 0 Å². The van der Waals surface area contributed by atoms with Crippen molar-refractivity contribution in [3.05, 3.63) is 35.9 Å². The molecule has 2 fully saturated rings. The molecule has 0 N–H and O–H groups in total. The molecule has 1 aromatic rings. The zero-order chi connectivity index (χ0) is 18.0. The van der Waals surface area contributed by atoms with Crippen LogP contribution < -0.4 is 0 Å². The Morgan fingerprint density at radius 1 is 1.04 bits per heavy atom. The standard InChI is InChI=1S/C19H28N2O3S/c1-15-7-6-10-18(16-8-4-3-5-9-16)21(15)19(22)17-11-13-20(14-12-17)25(2,23)24/h3-5,8-9,15,17-18H,6-7,10-14H2,1-2H3. The summed E-state index contributed by atoms with van der Waals surface area (Å²) in [7, 11) is -3.16. The summed E-state index contributed by atoms with van der Waals surface area (Å²) in [5.74, 6) is 0.138. The van der Waals surface area contributed by atoms with Crippen LogP contribution in [0.4, 0.5) is 0 Å². The first-order valence-corrected chi connectivity index (χ1v) is 11.0. The molecule has 2 aliphatic rings. The van der Waals surface area contributed by atoms with Crippen LogP contribution in [0.1, 0.15) is 50.6 Å². The van der Waals surface area contributed by atoms with Gasteiger partial charge in [0.15, 0.2) is 0 Å². The summed E-state index contributed by atoms with van der Waals surface area (Å²) < 4.78 is 24.9. The number of likely N-dealkylation sites (tertiary alicyclic amines) is 1. The first-order valence-electron chi connectivity index (χ1n) is 9.20. The average molecular weight is 365 g/mol. The molecule has 2 saturated heterocycles. The summed E-state index contributed by atoms with van der Waals surface area (Å²) in [5.41, 5.74) is 1.20. The average Bonchev–Trinajstić information content (AvgIpc) is 2.61. The fourth-order valence-corrected chi connectivity index (χ4v) is 5.08. The number of amides is 1. The molecular weight excluding hydrogens is 336 g/mol. The van der Waals surface area contributed by atoms with Gasteiger partial charge < -0.3 is 4.90 Å². The largest absolute Gasteiger partial charge is 0.333 e. The minimum atomic E-state index is -3.16. The first-order chi connectivity index (χ1) is 11.9. The van der Waals surface area contributed by atoms with E-state index < -0.39 is 10.0 Å². The van der Waals surface area contributed by atoms with Crippen LogP contribution in [0.2, 0.25) is 0 Å². The zero-order valence-corrected chi connectivity index (χ0v) is 15.9. The number of sulfonamides is 1. The predicted octanol–water partition coefficient (Wildman–Crippen LogP) is 2.80. The minimum Gasteiger partial charge on any atom is -0.333 e. The van der Waals surface area contributed by atoms with Crippen molar-refractivity contribution in [1.82, 2.24) is 9.21 Å². The van der Waals surface area contributed by atoms with Gasteiger partial charge >= 0.3 is 0 Å². The molecule has 0 aromatic heterocycles. The maximum atomic E-state index is 13.3. The first kappa shape index (κ1) is 18.4. The Balaban J connectivity index is 1.75. The SMILES string of the molecule is CC1CCCC(c2ccccc2)N1C(=O)C1CCN(S(C)(=O)=O)CC1. The number of nitrogens with zero attached hydrogens (tertiary/aromatic N) is 2. The third-order valence-electron chi connectivity index (χ3n) is 5.62. The molecule has 0 radical (unpaired) electrons. The molecule has 1 aromatic carbocycles. The summed E-state index contributed by atoms with van der Waals surface area (Å²) >= 11 is 0. The Hall–Kier alpha value is -1.40. The van der Waals surface area contributed by atoms with Gasteiger partial charge in [-0.2, -0.15) is 0 Å². The van der Waals surface area contributed by atoms with Crippen LogP contribution in [0.15, 0.2) is 30.3 Å². The molecule has 6 heteroatoms. The highest BCUT2D eigenvalue weighted by Crippen LogP contribution is 2.36. The van der Waals surface area contributed by atoms with E-state index in [4.69, 9.17) is 0 Å². The van der Waals surface area contributed by atoms with Crippen LogP contribution in [0.25, 0.3) is 0 Å². The summed E-state index contributed by atoms with van der Waals surface area (Å²) in [6, 6.07) is 10.7. The monoisotopic (exact) mass is 364 g/mol. The van der Waals surface area contributed by atoms with Gasteiger partial charge in [-0.15, -0.1) is 0 Å². The highest BCUT2D eigenvalue weighted by Gasteiger charge is 2.38. The van der Waals surface area contributed by atoms with Crippen LogP contribution in [-0.4, -0.2) is 48.9 Å². The normalized spacial score (nSPS) is 26.6. The molecule has 2 atom stereocenters. The second-order valence-electron chi connectivity index (χ2n) is 7.39. The number of benzene rings is 1. The van der Waals surface area contributed by atoms with Gasteiger partial charge in [-0.3, -0.25) is 4.79 Å². The number of carbonyl (C=O) groups excluding carboxylic acids is 1. The quantitative estimate of drug-likeness (QED) is 0.829. The summed E-state index contributed by atoms with van der Waals surface area (Å²) in [6.45, 7) is 3.04. The van der Waals surface area contributed by atoms with Crippen molar-refractivity contribution in [2.45, 2.75) is 51.1 Å². The van der Waals surface area contributed by atoms with Crippen molar-refractivity contribution in [3.8, 4) is 0 Å². The predicted molar refractivity (Wildman–Crippen MR) is 98.5 cm³/mol. The summed E-state index contributed by atoms with van der Waals surface area (Å²) in [6.07, 6.45) is 5.66. The lowest BCUT2D eigenvalue weighted by molar-refractivity contribution is -0.143. The topological polar surface area (TPSA) is 57.7 Å². The summed E-state index contributed by atoms with van der Waals surface area (Å²) in [5, 5.41) is 0. The number of hydrogen-bond acceptors (Lipinski definition) is 3. The van der Waals surface area contributed by atoms with E-state index in [2.05, 4.69) is 24.0 Å². The van der Waals surface area contributed by atoms with Gasteiger partial charge in [0, 0.05) is 25.0 Å². The van der Waals surface area contributed by atoms with Crippen LogP contribution in [0, 0.1) is 5.92 Å². The molecule has 2 aliphatic heterocycles. The van der Waals surface area contributed by atoms with E-state index in [9.17, 15) is 13.2 Å². The van der Waals surface area contributed by atoms with Crippen molar-refractivity contribution >= 4 is 15.9 Å². The lowest BCUT2D eigenvalue weighted by Gasteiger charge is -2.43. The Morgan fingerprint density at radius 3 is 2.28 bits per heavy atom. The molecular formula is C19H28N2O3S. The third kappa shape index (κ3) is 4.06. The number of rotatable bonds is 3. The highest BCUT2D eigenvalue weighted by molar-refractivity contribution is 7.88. The molecule has 5 nitrogen and oxygen atoms in total. The van der Waals surface area contributed by atoms with Crippen LogP contribution in [-0.2, 0) is 14.8 Å². The van der Waals surface area contributed by atoms with Crippen molar-refractivity contribution < 1.29 is 13.2 Å². The molecule has 138 valence electrons. The van der Waals surface area contributed by atoms with Gasteiger partial charge in [-0.1, -0.05) is 30.3 Å². The third-order valence-corrected chi connectivity index (χ3v) is 6.92. The molecule has 0 spiro atoms. The Bertz CT molecular complexity index is 697. The highest BCUT2D eigenvalue weighted by atomic mass is 32.2. The number of carbonyl (C=O) groups is 1. The van der Waals surface area contributed by atoms with E-state index in [1.807, 2.05) is 18.2 Å². The number of piperidine rings is 2. The van der Waals surface area contributed by atoms with Gasteiger partial charge in [-0.25, -0.2) is 12.7 Å². The van der Waals surface area contributed by atoms with E-state index in [0.29, 0.717) is 25.9 Å². The minimum absolute atomic E-state index is 0.0650. The second-order valence-corrected chi connectivity index (χ2v) is 9.37. The van der Waals surface area contributed by atoms with Crippen molar-refractivity contribution in [2.24, 2.45) is 5.92 Å². The van der Waals surface area contributed by atoms with Gasteiger partial charge in [0.05, 0.1) is 12.3 Å². The lowest BCUT2D eigenvalue weighted by atomic mass is 9.88. The van der Waals surface area contributed by atoms with E-state index in [1.165, 1.54) is 16.1 Å². The van der Waals surface area contributed by atoms with Crippen molar-refractivity contribution in [3.63, 3.8) is 0 Å². The molecule has 0 aliphatic carbocycles. The molecule has 0 saturated carbocycles. The van der Waals surface area contributed by atoms with E-state index in [0.717, 1.165) is 19.3 Å². The number of hydrogen-bond donors (Lipinski definition) is 0. The van der Waals surface area contributed by atoms with Gasteiger partial charge in [0.25, 0.3) is 0 Å². The summed E-state index contributed by atoms with van der Waals surface area (Å²) in [4.78, 5) is 15.3. The fraction of sp³-hybridized carbons (Fsp3) is 0.632. The Morgan fingerprint density at radius 2 is 1.68 bits per heavy atom. The van der Waals surface area contributed by atoms with Crippen LogP contribution in [0.3, 0.4) is 0 Å². The van der Waals surface area contributed by atoms with Gasteiger partial charge in [0.2, 0.25) is 15.9 Å². The molecule has 2 unspecified atom stereocenters. The van der Waals surface area contributed by atoms with E-state index in [1.54, 1.807) is 0 Å². The molecule has 0 bridgehead atoms. The zero-order valence-electron chi connectivity index (χ0n) is 15.1. The Kier molecular flexibility index (Phi) is 5.49. The van der Waals surface area contributed by atoms with Crippen molar-refractivity contribution in [1.29, 1.82) is 0 Å².